The van der Waals surface area contributed by atoms with Crippen LogP contribution in [0.3, 0.4) is 0 Å². The predicted molar refractivity (Wildman–Crippen MR) is 62.1 cm³/mol. The Balaban J connectivity index is 1.80. The molecule has 1 unspecified atom stereocenters. The molecule has 1 aromatic heterocycles. The summed E-state index contributed by atoms with van der Waals surface area (Å²) in [5, 5.41) is 13.0. The lowest BCUT2D eigenvalue weighted by Gasteiger charge is -2.29. The highest BCUT2D eigenvalue weighted by Crippen LogP contribution is 2.10. The van der Waals surface area contributed by atoms with Crippen molar-refractivity contribution in [2.75, 3.05) is 26.2 Å². The van der Waals surface area contributed by atoms with Crippen molar-refractivity contribution in [2.45, 2.75) is 26.1 Å². The van der Waals surface area contributed by atoms with Gasteiger partial charge in [-0.05, 0) is 6.54 Å². The van der Waals surface area contributed by atoms with Crippen molar-refractivity contribution in [3.05, 3.63) is 18.2 Å². The van der Waals surface area contributed by atoms with Crippen LogP contribution < -0.4 is 5.32 Å². The molecular formula is C11H20N4O. The Labute approximate surface area is 96.1 Å². The third-order valence-corrected chi connectivity index (χ3v) is 2.92. The molecule has 2 N–H and O–H groups in total. The minimum absolute atomic E-state index is 0.290. The molecule has 0 saturated heterocycles. The van der Waals surface area contributed by atoms with Crippen LogP contribution in [-0.4, -0.2) is 51.8 Å². The molecule has 16 heavy (non-hydrogen) atoms. The summed E-state index contributed by atoms with van der Waals surface area (Å²) in [6.45, 7) is 7.15. The van der Waals surface area contributed by atoms with Crippen molar-refractivity contribution >= 4 is 0 Å². The highest BCUT2D eigenvalue weighted by atomic mass is 16.3. The van der Waals surface area contributed by atoms with E-state index in [-0.39, 0.29) is 6.10 Å². The first-order chi connectivity index (χ1) is 7.79. The molecule has 1 aliphatic heterocycles. The number of hydrogen-bond acceptors (Lipinski definition) is 4. The van der Waals surface area contributed by atoms with E-state index in [9.17, 15) is 5.11 Å². The van der Waals surface area contributed by atoms with Crippen LogP contribution in [0, 0.1) is 0 Å². The topological polar surface area (TPSA) is 53.3 Å². The molecule has 0 fully saturated rings. The van der Waals surface area contributed by atoms with Crippen molar-refractivity contribution < 1.29 is 5.11 Å². The van der Waals surface area contributed by atoms with Gasteiger partial charge in [-0.3, -0.25) is 4.90 Å². The molecule has 5 nitrogen and oxygen atoms in total. The summed E-state index contributed by atoms with van der Waals surface area (Å²) in [5.41, 5.74) is 0. The number of aliphatic hydroxyl groups is 1. The highest BCUT2D eigenvalue weighted by molar-refractivity contribution is 4.95. The number of β-amino-alcohol motifs (C(OH)–C–C–N with tert-alkyl or cyclic N) is 1. The molecule has 2 rings (SSSR count). The maximum atomic E-state index is 9.80. The Bertz CT molecular complexity index is 326. The Morgan fingerprint density at radius 3 is 3.25 bits per heavy atom. The lowest BCUT2D eigenvalue weighted by molar-refractivity contribution is 0.0957. The molecule has 5 heteroatoms. The van der Waals surface area contributed by atoms with Gasteiger partial charge in [0, 0.05) is 38.6 Å². The number of fused-ring (bicyclic) bond motifs is 1. The molecule has 0 aromatic carbocycles. The van der Waals surface area contributed by atoms with Crippen LogP contribution in [0.25, 0.3) is 0 Å². The van der Waals surface area contributed by atoms with Crippen LogP contribution in [-0.2, 0) is 13.1 Å². The first-order valence-corrected chi connectivity index (χ1v) is 5.90. The molecule has 0 aliphatic carbocycles. The molecule has 0 amide bonds. The second-order valence-corrected chi connectivity index (χ2v) is 4.23. The van der Waals surface area contributed by atoms with Crippen molar-refractivity contribution in [2.24, 2.45) is 0 Å². The van der Waals surface area contributed by atoms with Gasteiger partial charge >= 0.3 is 0 Å². The van der Waals surface area contributed by atoms with Crippen molar-refractivity contribution in [3.8, 4) is 0 Å². The molecule has 2 heterocycles. The Morgan fingerprint density at radius 1 is 1.56 bits per heavy atom. The van der Waals surface area contributed by atoms with E-state index in [0.717, 1.165) is 38.5 Å². The number of imidazole rings is 1. The second kappa shape index (κ2) is 5.43. The van der Waals surface area contributed by atoms with Crippen LogP contribution in [0.15, 0.2) is 12.4 Å². The fourth-order valence-corrected chi connectivity index (χ4v) is 2.05. The first-order valence-electron chi connectivity index (χ1n) is 5.90. The van der Waals surface area contributed by atoms with Gasteiger partial charge < -0.3 is 15.0 Å². The third kappa shape index (κ3) is 2.81. The molecule has 0 saturated carbocycles. The molecule has 90 valence electrons. The minimum Gasteiger partial charge on any atom is -0.390 e. The largest absolute Gasteiger partial charge is 0.390 e. The average molecular weight is 224 g/mol. The van der Waals surface area contributed by atoms with E-state index in [1.165, 1.54) is 0 Å². The molecule has 0 bridgehead atoms. The first kappa shape index (κ1) is 11.6. The minimum atomic E-state index is -0.290. The quantitative estimate of drug-likeness (QED) is 0.719. The van der Waals surface area contributed by atoms with Gasteiger partial charge in [0.05, 0.1) is 12.6 Å². The van der Waals surface area contributed by atoms with Crippen LogP contribution in [0.2, 0.25) is 0 Å². The monoisotopic (exact) mass is 224 g/mol. The third-order valence-electron chi connectivity index (χ3n) is 2.92. The fraction of sp³-hybridized carbons (Fsp3) is 0.727. The van der Waals surface area contributed by atoms with Crippen LogP contribution in [0.4, 0.5) is 0 Å². The molecule has 0 spiro atoms. The van der Waals surface area contributed by atoms with E-state index in [1.807, 2.05) is 19.3 Å². The maximum absolute atomic E-state index is 9.80. The van der Waals surface area contributed by atoms with Gasteiger partial charge in [0.25, 0.3) is 0 Å². The van der Waals surface area contributed by atoms with Crippen LogP contribution >= 0.6 is 0 Å². The Kier molecular flexibility index (Phi) is 3.93. The summed E-state index contributed by atoms with van der Waals surface area (Å²) in [5.74, 6) is 1.10. The average Bonchev–Trinajstić information content (AvgIpc) is 2.73. The van der Waals surface area contributed by atoms with Crippen molar-refractivity contribution in [1.82, 2.24) is 19.8 Å². The van der Waals surface area contributed by atoms with E-state index in [4.69, 9.17) is 0 Å². The Morgan fingerprint density at radius 2 is 2.44 bits per heavy atom. The number of nitrogens with zero attached hydrogens (tertiary/aromatic N) is 3. The summed E-state index contributed by atoms with van der Waals surface area (Å²) in [4.78, 5) is 6.55. The molecule has 1 aromatic rings. The molecule has 1 aliphatic rings. The lowest BCUT2D eigenvalue weighted by atomic mass is 10.2. The standard InChI is InChI=1S/C11H20N4O/c1-2-12-7-10(16)8-14-5-6-15-4-3-13-11(15)9-14/h3-4,10,12,16H,2,5-9H2,1H3. The zero-order valence-electron chi connectivity index (χ0n) is 9.76. The van der Waals surface area contributed by atoms with Gasteiger partial charge in [0.1, 0.15) is 5.82 Å². The van der Waals surface area contributed by atoms with E-state index in [0.29, 0.717) is 6.54 Å². The lowest BCUT2D eigenvalue weighted by Crippen LogP contribution is -2.42. The molecule has 0 radical (unpaired) electrons. The van der Waals surface area contributed by atoms with Crippen molar-refractivity contribution in [3.63, 3.8) is 0 Å². The van der Waals surface area contributed by atoms with Crippen LogP contribution in [0.5, 0.6) is 0 Å². The SMILES string of the molecule is CCNCC(O)CN1CCn2ccnc2C1. The van der Waals surface area contributed by atoms with Gasteiger partial charge in [0.2, 0.25) is 0 Å². The summed E-state index contributed by atoms with van der Waals surface area (Å²) in [6, 6.07) is 0. The summed E-state index contributed by atoms with van der Waals surface area (Å²) in [6.07, 6.45) is 3.57. The van der Waals surface area contributed by atoms with Gasteiger partial charge in [0.15, 0.2) is 0 Å². The van der Waals surface area contributed by atoms with Gasteiger partial charge in [-0.15, -0.1) is 0 Å². The molecule has 1 atom stereocenters. The zero-order valence-corrected chi connectivity index (χ0v) is 9.76. The van der Waals surface area contributed by atoms with E-state index >= 15 is 0 Å². The molecular weight excluding hydrogens is 204 g/mol. The van der Waals surface area contributed by atoms with Gasteiger partial charge in [-0.1, -0.05) is 6.92 Å². The maximum Gasteiger partial charge on any atom is 0.122 e. The number of likely N-dealkylation sites (N-methyl/N-ethyl adjacent to an activating group) is 1. The number of hydrogen-bond donors (Lipinski definition) is 2. The van der Waals surface area contributed by atoms with Gasteiger partial charge in [-0.25, -0.2) is 4.98 Å². The smallest absolute Gasteiger partial charge is 0.122 e. The van der Waals surface area contributed by atoms with E-state index < -0.39 is 0 Å². The number of rotatable bonds is 5. The summed E-state index contributed by atoms with van der Waals surface area (Å²) in [7, 11) is 0. The zero-order chi connectivity index (χ0) is 11.4. The highest BCUT2D eigenvalue weighted by Gasteiger charge is 2.18. The number of aliphatic hydroxyl groups excluding tert-OH is 1. The predicted octanol–water partition coefficient (Wildman–Crippen LogP) is -0.331. The Hall–Kier alpha value is -0.910. The number of aromatic nitrogens is 2. The number of nitrogens with one attached hydrogen (secondary N) is 1. The van der Waals surface area contributed by atoms with E-state index in [2.05, 4.69) is 19.8 Å². The summed E-state index contributed by atoms with van der Waals surface area (Å²) >= 11 is 0. The fourth-order valence-electron chi connectivity index (χ4n) is 2.05. The second-order valence-electron chi connectivity index (χ2n) is 4.23. The van der Waals surface area contributed by atoms with Crippen LogP contribution in [0.1, 0.15) is 12.7 Å². The van der Waals surface area contributed by atoms with E-state index in [1.54, 1.807) is 0 Å². The van der Waals surface area contributed by atoms with Crippen molar-refractivity contribution in [1.29, 1.82) is 0 Å². The summed E-state index contributed by atoms with van der Waals surface area (Å²) < 4.78 is 2.17. The normalized spacial score (nSPS) is 18.4. The van der Waals surface area contributed by atoms with Gasteiger partial charge in [-0.2, -0.15) is 0 Å².